The Kier molecular flexibility index (Phi) is 4.79. The van der Waals surface area contributed by atoms with Crippen LogP contribution in [-0.4, -0.2) is 18.1 Å². The summed E-state index contributed by atoms with van der Waals surface area (Å²) in [5.74, 6) is 1.13. The zero-order valence-electron chi connectivity index (χ0n) is 10.9. The molecule has 0 atom stereocenters. The molecule has 0 saturated carbocycles. The molecular formula is C14H14ClN3O2. The predicted octanol–water partition coefficient (Wildman–Crippen LogP) is 3.07. The number of ether oxygens (including phenoxy) is 1. The van der Waals surface area contributed by atoms with Crippen LogP contribution in [0.2, 0.25) is 5.15 Å². The molecule has 0 saturated heterocycles. The number of carbonyl (C=O) groups excluding carboxylic acids is 1. The lowest BCUT2D eigenvalue weighted by atomic mass is 10.2. The Bertz CT molecular complexity index is 604. The summed E-state index contributed by atoms with van der Waals surface area (Å²) in [4.78, 5) is 15.7. The number of nitrogens with zero attached hydrogens (tertiary/aromatic N) is 1. The van der Waals surface area contributed by atoms with Crippen molar-refractivity contribution in [3.63, 3.8) is 0 Å². The molecule has 0 unspecified atom stereocenters. The Morgan fingerprint density at radius 1 is 1.25 bits per heavy atom. The summed E-state index contributed by atoms with van der Waals surface area (Å²) in [5, 5.41) is 5.66. The summed E-state index contributed by atoms with van der Waals surface area (Å²) in [6, 6.07) is 12.1. The van der Waals surface area contributed by atoms with Gasteiger partial charge in [-0.25, -0.2) is 9.78 Å². The molecule has 0 fully saturated rings. The number of benzene rings is 1. The van der Waals surface area contributed by atoms with E-state index >= 15 is 0 Å². The fourth-order valence-corrected chi connectivity index (χ4v) is 1.83. The van der Waals surface area contributed by atoms with Crippen LogP contribution in [0.4, 0.5) is 10.6 Å². The zero-order valence-corrected chi connectivity index (χ0v) is 11.6. The Morgan fingerprint density at radius 2 is 2.05 bits per heavy atom. The highest BCUT2D eigenvalue weighted by atomic mass is 35.5. The first kappa shape index (κ1) is 14.1. The third-order valence-corrected chi connectivity index (χ3v) is 2.80. The SMILES string of the molecule is COc1ccccc1CNC(=O)Nc1cccc(Cl)n1. The number of anilines is 1. The number of aromatic nitrogens is 1. The van der Waals surface area contributed by atoms with Crippen molar-refractivity contribution in [1.29, 1.82) is 0 Å². The summed E-state index contributed by atoms with van der Waals surface area (Å²) in [7, 11) is 1.59. The molecule has 0 aliphatic rings. The van der Waals surface area contributed by atoms with Gasteiger partial charge in [0.2, 0.25) is 0 Å². The molecule has 0 radical (unpaired) electrons. The average Bonchev–Trinajstić information content (AvgIpc) is 2.45. The van der Waals surface area contributed by atoms with Gasteiger partial charge in [0.1, 0.15) is 16.7 Å². The van der Waals surface area contributed by atoms with Gasteiger partial charge in [-0.1, -0.05) is 35.9 Å². The topological polar surface area (TPSA) is 63.2 Å². The molecule has 0 spiro atoms. The fourth-order valence-electron chi connectivity index (χ4n) is 1.66. The second-order valence-electron chi connectivity index (χ2n) is 3.97. The quantitative estimate of drug-likeness (QED) is 0.851. The molecule has 6 heteroatoms. The second kappa shape index (κ2) is 6.77. The first-order chi connectivity index (χ1) is 9.69. The predicted molar refractivity (Wildman–Crippen MR) is 78.1 cm³/mol. The largest absolute Gasteiger partial charge is 0.496 e. The molecular weight excluding hydrogens is 278 g/mol. The van der Waals surface area contributed by atoms with Gasteiger partial charge in [-0.2, -0.15) is 0 Å². The van der Waals surface area contributed by atoms with Gasteiger partial charge in [-0.05, 0) is 18.2 Å². The van der Waals surface area contributed by atoms with Crippen LogP contribution in [0, 0.1) is 0 Å². The van der Waals surface area contributed by atoms with Crippen molar-refractivity contribution in [3.05, 3.63) is 53.2 Å². The van der Waals surface area contributed by atoms with Gasteiger partial charge >= 0.3 is 6.03 Å². The Labute approximate surface area is 121 Å². The van der Waals surface area contributed by atoms with E-state index in [2.05, 4.69) is 15.6 Å². The summed E-state index contributed by atoms with van der Waals surface area (Å²) < 4.78 is 5.21. The van der Waals surface area contributed by atoms with Crippen LogP contribution >= 0.6 is 11.6 Å². The third kappa shape index (κ3) is 3.86. The van der Waals surface area contributed by atoms with Crippen LogP contribution in [0.1, 0.15) is 5.56 Å². The van der Waals surface area contributed by atoms with Crippen molar-refractivity contribution in [1.82, 2.24) is 10.3 Å². The molecule has 2 rings (SSSR count). The maximum absolute atomic E-state index is 11.8. The van der Waals surface area contributed by atoms with E-state index in [9.17, 15) is 4.79 Å². The minimum atomic E-state index is -0.356. The van der Waals surface area contributed by atoms with Crippen LogP contribution < -0.4 is 15.4 Å². The Hall–Kier alpha value is -2.27. The maximum atomic E-state index is 11.8. The van der Waals surface area contributed by atoms with Gasteiger partial charge in [0.05, 0.1) is 7.11 Å². The highest BCUT2D eigenvalue weighted by Crippen LogP contribution is 2.16. The molecule has 2 amide bonds. The van der Waals surface area contributed by atoms with Gasteiger partial charge < -0.3 is 10.1 Å². The first-order valence-corrected chi connectivity index (χ1v) is 6.36. The summed E-state index contributed by atoms with van der Waals surface area (Å²) in [6.45, 7) is 0.358. The number of methoxy groups -OCH3 is 1. The van der Waals surface area contributed by atoms with E-state index in [1.807, 2.05) is 24.3 Å². The van der Waals surface area contributed by atoms with Crippen molar-refractivity contribution in [3.8, 4) is 5.75 Å². The van der Waals surface area contributed by atoms with Crippen LogP contribution in [0.25, 0.3) is 0 Å². The number of rotatable bonds is 4. The summed E-state index contributed by atoms with van der Waals surface area (Å²) in [5.41, 5.74) is 0.893. The van der Waals surface area contributed by atoms with E-state index in [0.29, 0.717) is 17.5 Å². The smallest absolute Gasteiger partial charge is 0.320 e. The van der Waals surface area contributed by atoms with Crippen molar-refractivity contribution in [2.45, 2.75) is 6.54 Å². The minimum absolute atomic E-state index is 0.326. The Balaban J connectivity index is 1.92. The van der Waals surface area contributed by atoms with E-state index in [1.165, 1.54) is 0 Å². The lowest BCUT2D eigenvalue weighted by Gasteiger charge is -2.10. The number of nitrogens with one attached hydrogen (secondary N) is 2. The van der Waals surface area contributed by atoms with Crippen LogP contribution in [-0.2, 0) is 6.54 Å². The van der Waals surface area contributed by atoms with E-state index < -0.39 is 0 Å². The van der Waals surface area contributed by atoms with Crippen LogP contribution in [0.15, 0.2) is 42.5 Å². The zero-order chi connectivity index (χ0) is 14.4. The molecule has 2 aromatic rings. The number of pyridine rings is 1. The number of carbonyl (C=O) groups is 1. The lowest BCUT2D eigenvalue weighted by Crippen LogP contribution is -2.28. The fraction of sp³-hybridized carbons (Fsp3) is 0.143. The molecule has 0 bridgehead atoms. The number of hydrogen-bond donors (Lipinski definition) is 2. The summed E-state index contributed by atoms with van der Waals surface area (Å²) in [6.07, 6.45) is 0. The van der Waals surface area contributed by atoms with Crippen molar-refractivity contribution >= 4 is 23.4 Å². The van der Waals surface area contributed by atoms with Gasteiger partial charge in [0, 0.05) is 12.1 Å². The average molecular weight is 292 g/mol. The third-order valence-electron chi connectivity index (χ3n) is 2.59. The Morgan fingerprint density at radius 3 is 2.80 bits per heavy atom. The lowest BCUT2D eigenvalue weighted by molar-refractivity contribution is 0.251. The molecule has 5 nitrogen and oxygen atoms in total. The molecule has 1 aromatic heterocycles. The molecule has 20 heavy (non-hydrogen) atoms. The van der Waals surface area contributed by atoms with Crippen LogP contribution in [0.3, 0.4) is 0 Å². The molecule has 0 aliphatic heterocycles. The summed E-state index contributed by atoms with van der Waals surface area (Å²) >= 11 is 5.74. The van der Waals surface area contributed by atoms with E-state index in [1.54, 1.807) is 25.3 Å². The standard InChI is InChI=1S/C14H14ClN3O2/c1-20-11-6-3-2-5-10(11)9-16-14(19)18-13-8-4-7-12(15)17-13/h2-8H,9H2,1H3,(H2,16,17,18,19). The van der Waals surface area contributed by atoms with Crippen molar-refractivity contribution < 1.29 is 9.53 Å². The normalized spacial score (nSPS) is 9.90. The number of halogens is 1. The maximum Gasteiger partial charge on any atom is 0.320 e. The van der Waals surface area contributed by atoms with Crippen molar-refractivity contribution in [2.75, 3.05) is 12.4 Å². The molecule has 0 aliphatic carbocycles. The highest BCUT2D eigenvalue weighted by Gasteiger charge is 2.05. The highest BCUT2D eigenvalue weighted by molar-refractivity contribution is 6.29. The number of para-hydroxylation sites is 1. The minimum Gasteiger partial charge on any atom is -0.496 e. The molecule has 104 valence electrons. The van der Waals surface area contributed by atoms with Gasteiger partial charge in [-0.15, -0.1) is 0 Å². The first-order valence-electron chi connectivity index (χ1n) is 5.98. The molecule has 2 N–H and O–H groups in total. The van der Waals surface area contributed by atoms with Crippen LogP contribution in [0.5, 0.6) is 5.75 Å². The second-order valence-corrected chi connectivity index (χ2v) is 4.35. The van der Waals surface area contributed by atoms with E-state index in [-0.39, 0.29) is 6.03 Å². The number of amides is 2. The monoisotopic (exact) mass is 291 g/mol. The van der Waals surface area contributed by atoms with E-state index in [0.717, 1.165) is 11.3 Å². The number of urea groups is 1. The van der Waals surface area contributed by atoms with Crippen molar-refractivity contribution in [2.24, 2.45) is 0 Å². The molecule has 1 heterocycles. The molecule has 1 aromatic carbocycles. The number of hydrogen-bond acceptors (Lipinski definition) is 3. The van der Waals surface area contributed by atoms with E-state index in [4.69, 9.17) is 16.3 Å². The van der Waals surface area contributed by atoms with Gasteiger partial charge in [0.25, 0.3) is 0 Å². The van der Waals surface area contributed by atoms with Gasteiger partial charge in [-0.3, -0.25) is 5.32 Å². The van der Waals surface area contributed by atoms with Gasteiger partial charge in [0.15, 0.2) is 0 Å².